The predicted molar refractivity (Wildman–Crippen MR) is 119 cm³/mol. The van der Waals surface area contributed by atoms with Gasteiger partial charge in [0, 0.05) is 10.0 Å². The van der Waals surface area contributed by atoms with Gasteiger partial charge in [-0.2, -0.15) is 18.3 Å². The molecule has 2 aromatic carbocycles. The van der Waals surface area contributed by atoms with Crippen LogP contribution in [0.25, 0.3) is 6.08 Å². The lowest BCUT2D eigenvalue weighted by atomic mass is 9.91. The average Bonchev–Trinajstić information content (AvgIpc) is 3.03. The summed E-state index contributed by atoms with van der Waals surface area (Å²) in [5.41, 5.74) is 0.557. The standard InChI is InChI=1S/C23H20BrF3N2O3/c1-2-3-20-19(21(30)29(28-20)18-10-8-17(24)9-11-18)13-15(22(31)32)12-14-4-6-16(7-5-14)23(25,26)27/h4-12,19H,2-3,13H2,1H3,(H,31,32). The van der Waals surface area contributed by atoms with Gasteiger partial charge in [0.05, 0.1) is 22.9 Å². The first kappa shape index (κ1) is 23.7. The minimum Gasteiger partial charge on any atom is -0.478 e. The molecule has 3 rings (SSSR count). The topological polar surface area (TPSA) is 70.0 Å². The van der Waals surface area contributed by atoms with Crippen LogP contribution in [-0.4, -0.2) is 22.7 Å². The highest BCUT2D eigenvalue weighted by molar-refractivity contribution is 9.10. The Balaban J connectivity index is 1.88. The van der Waals surface area contributed by atoms with Crippen molar-refractivity contribution in [3.63, 3.8) is 0 Å². The second kappa shape index (κ2) is 9.68. The molecule has 1 N–H and O–H groups in total. The maximum Gasteiger partial charge on any atom is 0.416 e. The highest BCUT2D eigenvalue weighted by Crippen LogP contribution is 2.32. The molecule has 1 heterocycles. The molecule has 5 nitrogen and oxygen atoms in total. The van der Waals surface area contributed by atoms with Crippen molar-refractivity contribution in [3.05, 3.63) is 69.7 Å². The van der Waals surface area contributed by atoms with Gasteiger partial charge in [-0.3, -0.25) is 4.79 Å². The van der Waals surface area contributed by atoms with Gasteiger partial charge in [-0.25, -0.2) is 9.80 Å². The van der Waals surface area contributed by atoms with Gasteiger partial charge in [-0.05, 0) is 60.9 Å². The van der Waals surface area contributed by atoms with Gasteiger partial charge in [0.15, 0.2) is 0 Å². The molecule has 1 unspecified atom stereocenters. The Morgan fingerprint density at radius 2 is 1.78 bits per heavy atom. The number of amides is 1. The van der Waals surface area contributed by atoms with Crippen molar-refractivity contribution >= 4 is 45.3 Å². The zero-order valence-electron chi connectivity index (χ0n) is 17.1. The van der Waals surface area contributed by atoms with E-state index in [0.717, 1.165) is 23.0 Å². The van der Waals surface area contributed by atoms with E-state index in [2.05, 4.69) is 21.0 Å². The van der Waals surface area contributed by atoms with E-state index in [0.29, 0.717) is 23.4 Å². The van der Waals surface area contributed by atoms with Crippen LogP contribution in [0.15, 0.2) is 63.7 Å². The number of halogens is 4. The Morgan fingerprint density at radius 3 is 2.31 bits per heavy atom. The summed E-state index contributed by atoms with van der Waals surface area (Å²) in [4.78, 5) is 25.0. The molecule has 1 aliphatic rings. The SMILES string of the molecule is CCCC1=NN(c2ccc(Br)cc2)C(=O)C1CC(=Cc1ccc(C(F)(F)F)cc1)C(=O)O. The van der Waals surface area contributed by atoms with Crippen LogP contribution in [0.1, 0.15) is 37.3 Å². The summed E-state index contributed by atoms with van der Waals surface area (Å²) in [7, 11) is 0. The van der Waals surface area contributed by atoms with Gasteiger partial charge < -0.3 is 5.11 Å². The number of benzene rings is 2. The molecule has 0 radical (unpaired) electrons. The quantitative estimate of drug-likeness (QED) is 0.456. The second-order valence-electron chi connectivity index (χ2n) is 7.32. The Morgan fingerprint density at radius 1 is 1.16 bits per heavy atom. The van der Waals surface area contributed by atoms with Crippen molar-refractivity contribution in [2.75, 3.05) is 5.01 Å². The lowest BCUT2D eigenvalue weighted by molar-refractivity contribution is -0.137. The third-order valence-electron chi connectivity index (χ3n) is 4.99. The molecule has 0 fully saturated rings. The fourth-order valence-corrected chi connectivity index (χ4v) is 3.65. The van der Waals surface area contributed by atoms with Crippen LogP contribution < -0.4 is 5.01 Å². The summed E-state index contributed by atoms with van der Waals surface area (Å²) < 4.78 is 39.2. The normalized spacial score (nSPS) is 17.0. The smallest absolute Gasteiger partial charge is 0.416 e. The molecule has 168 valence electrons. The molecule has 1 amide bonds. The van der Waals surface area contributed by atoms with Gasteiger partial charge >= 0.3 is 12.1 Å². The molecule has 0 aromatic heterocycles. The summed E-state index contributed by atoms with van der Waals surface area (Å²) >= 11 is 3.34. The monoisotopic (exact) mass is 508 g/mol. The number of nitrogens with zero attached hydrogens (tertiary/aromatic N) is 2. The Hall–Kier alpha value is -2.94. The zero-order chi connectivity index (χ0) is 23.5. The van der Waals surface area contributed by atoms with Crippen LogP contribution in [0, 0.1) is 5.92 Å². The van der Waals surface area contributed by atoms with Crippen LogP contribution in [0.3, 0.4) is 0 Å². The highest BCUT2D eigenvalue weighted by atomic mass is 79.9. The first-order valence-electron chi connectivity index (χ1n) is 9.88. The van der Waals surface area contributed by atoms with Crippen molar-refractivity contribution in [1.29, 1.82) is 0 Å². The summed E-state index contributed by atoms with van der Waals surface area (Å²) in [6.07, 6.45) is -2.04. The zero-order valence-corrected chi connectivity index (χ0v) is 18.7. The third-order valence-corrected chi connectivity index (χ3v) is 5.52. The number of hydrogen-bond donors (Lipinski definition) is 1. The molecule has 9 heteroatoms. The van der Waals surface area contributed by atoms with Crippen molar-refractivity contribution in [2.24, 2.45) is 11.0 Å². The van der Waals surface area contributed by atoms with E-state index in [1.807, 2.05) is 6.92 Å². The molecule has 2 aromatic rings. The largest absolute Gasteiger partial charge is 0.478 e. The number of carbonyl (C=O) groups is 2. The molecule has 0 saturated heterocycles. The summed E-state index contributed by atoms with van der Waals surface area (Å²) in [6.45, 7) is 1.93. The van der Waals surface area contributed by atoms with E-state index in [-0.39, 0.29) is 17.9 Å². The minimum atomic E-state index is -4.48. The Bertz CT molecular complexity index is 1060. The van der Waals surface area contributed by atoms with Crippen LogP contribution in [0.4, 0.5) is 18.9 Å². The lowest BCUT2D eigenvalue weighted by Crippen LogP contribution is -2.28. The molecule has 0 aliphatic carbocycles. The van der Waals surface area contributed by atoms with Crippen LogP contribution in [0.2, 0.25) is 0 Å². The molecular weight excluding hydrogens is 489 g/mol. The van der Waals surface area contributed by atoms with E-state index in [4.69, 9.17) is 0 Å². The molecule has 0 bridgehead atoms. The van der Waals surface area contributed by atoms with E-state index in [1.54, 1.807) is 24.3 Å². The maximum absolute atomic E-state index is 13.1. The number of rotatable bonds is 7. The van der Waals surface area contributed by atoms with Gasteiger partial charge in [0.25, 0.3) is 5.91 Å². The highest BCUT2D eigenvalue weighted by Gasteiger charge is 2.37. The minimum absolute atomic E-state index is 0.0791. The fourth-order valence-electron chi connectivity index (χ4n) is 3.39. The van der Waals surface area contributed by atoms with Crippen LogP contribution >= 0.6 is 15.9 Å². The van der Waals surface area contributed by atoms with Gasteiger partial charge in [0.1, 0.15) is 0 Å². The first-order chi connectivity index (χ1) is 15.1. The van der Waals surface area contributed by atoms with Gasteiger partial charge in [0.2, 0.25) is 0 Å². The van der Waals surface area contributed by atoms with Crippen molar-refractivity contribution in [3.8, 4) is 0 Å². The Kier molecular flexibility index (Phi) is 7.18. The number of carbonyl (C=O) groups excluding carboxylic acids is 1. The molecule has 0 saturated carbocycles. The number of alkyl halides is 3. The molecule has 0 spiro atoms. The summed E-state index contributed by atoms with van der Waals surface area (Å²) in [6, 6.07) is 11.2. The van der Waals surface area contributed by atoms with Gasteiger partial charge in [-0.15, -0.1) is 0 Å². The van der Waals surface area contributed by atoms with Crippen LogP contribution in [-0.2, 0) is 15.8 Å². The predicted octanol–water partition coefficient (Wildman–Crippen LogP) is 6.15. The number of carboxylic acid groups (broad SMARTS) is 1. The molecule has 32 heavy (non-hydrogen) atoms. The number of anilines is 1. The fraction of sp³-hybridized carbons (Fsp3) is 0.261. The van der Waals surface area contributed by atoms with Crippen molar-refractivity contribution < 1.29 is 27.9 Å². The Labute approximate surface area is 191 Å². The number of hydrazone groups is 1. The van der Waals surface area contributed by atoms with E-state index in [9.17, 15) is 27.9 Å². The van der Waals surface area contributed by atoms with Gasteiger partial charge in [-0.1, -0.05) is 41.4 Å². The average molecular weight is 509 g/mol. The van der Waals surface area contributed by atoms with E-state index < -0.39 is 23.6 Å². The molecular formula is C23H20BrF3N2O3. The summed E-state index contributed by atoms with van der Waals surface area (Å²) in [5.74, 6) is -2.33. The van der Waals surface area contributed by atoms with Crippen molar-refractivity contribution in [1.82, 2.24) is 0 Å². The number of hydrogen-bond acceptors (Lipinski definition) is 3. The van der Waals surface area contributed by atoms with Crippen molar-refractivity contribution in [2.45, 2.75) is 32.4 Å². The van der Waals surface area contributed by atoms with Crippen LogP contribution in [0.5, 0.6) is 0 Å². The number of aliphatic carboxylic acids is 1. The third kappa shape index (κ3) is 5.45. The maximum atomic E-state index is 13.1. The van der Waals surface area contributed by atoms with E-state index >= 15 is 0 Å². The lowest BCUT2D eigenvalue weighted by Gasteiger charge is -2.15. The first-order valence-corrected chi connectivity index (χ1v) is 10.7. The summed E-state index contributed by atoms with van der Waals surface area (Å²) in [5, 5.41) is 15.4. The molecule has 1 aliphatic heterocycles. The number of carboxylic acids is 1. The molecule has 1 atom stereocenters. The van der Waals surface area contributed by atoms with E-state index in [1.165, 1.54) is 23.2 Å². The second-order valence-corrected chi connectivity index (χ2v) is 8.23.